The summed E-state index contributed by atoms with van der Waals surface area (Å²) >= 11 is 1.31. The number of hydrogen-bond donors (Lipinski definition) is 1. The van der Waals surface area contributed by atoms with Crippen LogP contribution in [0, 0.1) is 29.6 Å². The first-order valence-corrected chi connectivity index (χ1v) is 15.0. The summed E-state index contributed by atoms with van der Waals surface area (Å²) in [6.45, 7) is 6.23. The molecule has 11 heteroatoms. The van der Waals surface area contributed by atoms with Crippen molar-refractivity contribution >= 4 is 17.6 Å². The van der Waals surface area contributed by atoms with Gasteiger partial charge in [-0.15, -0.1) is 0 Å². The third-order valence-electron chi connectivity index (χ3n) is 7.36. The van der Waals surface area contributed by atoms with Gasteiger partial charge in [0.25, 0.3) is 0 Å². The van der Waals surface area contributed by atoms with E-state index < -0.39 is 5.79 Å². The first-order valence-electron chi connectivity index (χ1n) is 14.0. The van der Waals surface area contributed by atoms with Gasteiger partial charge in [0.15, 0.2) is 5.79 Å². The minimum absolute atomic E-state index is 0.0432. The van der Waals surface area contributed by atoms with Gasteiger partial charge in [0.2, 0.25) is 5.89 Å². The molecular weight excluding hydrogens is 578 g/mol. The summed E-state index contributed by atoms with van der Waals surface area (Å²) in [5, 5.41) is 20.6. The summed E-state index contributed by atoms with van der Waals surface area (Å²) in [6, 6.07) is 17.6. The number of oxazole rings is 1. The lowest BCUT2D eigenvalue weighted by atomic mass is 9.95. The highest BCUT2D eigenvalue weighted by atomic mass is 32.2. The summed E-state index contributed by atoms with van der Waals surface area (Å²) < 4.78 is 28.4. The molecule has 1 atom stereocenters. The van der Waals surface area contributed by atoms with Gasteiger partial charge in [0.1, 0.15) is 45.8 Å². The van der Waals surface area contributed by atoms with E-state index in [0.717, 1.165) is 18.4 Å². The largest absolute Gasteiger partial charge is 0.497 e. The van der Waals surface area contributed by atoms with E-state index in [2.05, 4.69) is 17.1 Å². The number of aryl methyl sites for hydroxylation is 2. The minimum atomic E-state index is -0.550. The van der Waals surface area contributed by atoms with E-state index in [4.69, 9.17) is 34.1 Å². The van der Waals surface area contributed by atoms with Gasteiger partial charge in [0, 0.05) is 11.3 Å². The number of ether oxygens (including phenoxy) is 4. The predicted molar refractivity (Wildman–Crippen MR) is 166 cm³/mol. The van der Waals surface area contributed by atoms with Gasteiger partial charge < -0.3 is 29.1 Å². The Morgan fingerprint density at radius 3 is 2.43 bits per heavy atom. The van der Waals surface area contributed by atoms with E-state index in [1.165, 1.54) is 11.8 Å². The topological polar surface area (TPSA) is 149 Å². The molecule has 0 spiro atoms. The second-order valence-electron chi connectivity index (χ2n) is 10.7. The Bertz CT molecular complexity index is 1750. The van der Waals surface area contributed by atoms with E-state index in [1.807, 2.05) is 45.0 Å². The SMILES string of the molecule is COc1ccc(OC)c(-c2nc(CSc3nc(N)c(C#N)c(-c4ccc(CC[C@H]5COC(C)(C)O5)cc4)c3C#N)c(C)o2)c1. The third kappa shape index (κ3) is 6.51. The zero-order chi connectivity index (χ0) is 31.4. The minimum Gasteiger partial charge on any atom is -0.497 e. The van der Waals surface area contributed by atoms with E-state index in [0.29, 0.717) is 62.9 Å². The van der Waals surface area contributed by atoms with Crippen LogP contribution >= 0.6 is 11.8 Å². The van der Waals surface area contributed by atoms with Crippen molar-refractivity contribution in [2.75, 3.05) is 26.6 Å². The van der Waals surface area contributed by atoms with E-state index in [1.54, 1.807) is 32.4 Å². The van der Waals surface area contributed by atoms with Crippen molar-refractivity contribution in [1.82, 2.24) is 9.97 Å². The molecule has 4 aromatic rings. The molecule has 0 radical (unpaired) electrons. The molecule has 1 saturated heterocycles. The fraction of sp³-hybridized carbons (Fsp3) is 0.333. The first-order chi connectivity index (χ1) is 21.2. The zero-order valence-corrected chi connectivity index (χ0v) is 26.1. The van der Waals surface area contributed by atoms with Crippen LogP contribution < -0.4 is 15.2 Å². The molecule has 226 valence electrons. The molecule has 0 bridgehead atoms. The Balaban J connectivity index is 1.39. The fourth-order valence-electron chi connectivity index (χ4n) is 5.06. The Kier molecular flexibility index (Phi) is 9.12. The summed E-state index contributed by atoms with van der Waals surface area (Å²) in [6.07, 6.45) is 1.68. The normalized spacial score (nSPS) is 15.5. The van der Waals surface area contributed by atoms with E-state index >= 15 is 0 Å². The Morgan fingerprint density at radius 2 is 1.80 bits per heavy atom. The highest BCUT2D eigenvalue weighted by Crippen LogP contribution is 2.39. The maximum Gasteiger partial charge on any atom is 0.230 e. The molecule has 10 nitrogen and oxygen atoms in total. The van der Waals surface area contributed by atoms with Gasteiger partial charge in [0.05, 0.1) is 43.8 Å². The number of aromatic nitrogens is 2. The van der Waals surface area contributed by atoms with E-state index in [-0.39, 0.29) is 23.0 Å². The number of benzene rings is 2. The Labute approximate surface area is 260 Å². The summed E-state index contributed by atoms with van der Waals surface area (Å²) in [5.41, 5.74) is 10.3. The molecule has 0 amide bonds. The Morgan fingerprint density at radius 1 is 1.05 bits per heavy atom. The lowest BCUT2D eigenvalue weighted by Crippen LogP contribution is -2.21. The summed E-state index contributed by atoms with van der Waals surface area (Å²) in [7, 11) is 3.16. The molecule has 2 N–H and O–H groups in total. The number of methoxy groups -OCH3 is 2. The quantitative estimate of drug-likeness (QED) is 0.198. The summed E-state index contributed by atoms with van der Waals surface area (Å²) in [5.74, 6) is 2.12. The van der Waals surface area contributed by atoms with E-state index in [9.17, 15) is 10.5 Å². The molecule has 1 fully saturated rings. The molecule has 1 aliphatic rings. The van der Waals surface area contributed by atoms with Crippen LogP contribution in [0.2, 0.25) is 0 Å². The first kappa shape index (κ1) is 30.9. The number of nitrogens with zero attached hydrogens (tertiary/aromatic N) is 4. The van der Waals surface area contributed by atoms with Crippen LogP contribution in [0.4, 0.5) is 5.82 Å². The Hall–Kier alpha value is -4.55. The molecule has 44 heavy (non-hydrogen) atoms. The number of nitrogens with two attached hydrogens (primary N) is 1. The standard InChI is InChI=1S/C33H33N5O5S/c1-19-27(37-31(42-19)24-14-22(39-4)12-13-28(24)40-5)18-44-32-26(16-35)29(25(15-34)30(36)38-32)21-9-6-20(7-10-21)8-11-23-17-41-33(2,3)43-23/h6-7,9-10,12-14,23H,8,11,17-18H2,1-5H3,(H2,36,38)/t23-/m0/s1. The van der Waals surface area contributed by atoms with Crippen LogP contribution in [0.3, 0.4) is 0 Å². The van der Waals surface area contributed by atoms with Crippen LogP contribution in [0.25, 0.3) is 22.6 Å². The number of nitrogen functional groups attached to an aromatic ring is 1. The fourth-order valence-corrected chi connectivity index (χ4v) is 6.05. The highest BCUT2D eigenvalue weighted by molar-refractivity contribution is 7.98. The lowest BCUT2D eigenvalue weighted by Gasteiger charge is -2.17. The van der Waals surface area contributed by atoms with Crippen molar-refractivity contribution in [3.63, 3.8) is 0 Å². The second kappa shape index (κ2) is 13.0. The molecule has 2 aromatic carbocycles. The second-order valence-corrected chi connectivity index (χ2v) is 11.7. The van der Waals surface area contributed by atoms with Gasteiger partial charge in [-0.2, -0.15) is 10.5 Å². The van der Waals surface area contributed by atoms with Crippen molar-refractivity contribution in [3.8, 4) is 46.2 Å². The van der Waals surface area contributed by atoms with Crippen LogP contribution in [0.5, 0.6) is 11.5 Å². The molecule has 2 aromatic heterocycles. The number of thioether (sulfide) groups is 1. The number of pyridine rings is 1. The van der Waals surface area contributed by atoms with Crippen molar-refractivity contribution in [2.24, 2.45) is 0 Å². The number of rotatable bonds is 10. The van der Waals surface area contributed by atoms with Crippen molar-refractivity contribution in [3.05, 3.63) is 70.6 Å². The molecule has 0 aliphatic carbocycles. The average Bonchev–Trinajstić information content (AvgIpc) is 3.58. The number of hydrogen-bond acceptors (Lipinski definition) is 11. The zero-order valence-electron chi connectivity index (χ0n) is 25.3. The molecule has 3 heterocycles. The van der Waals surface area contributed by atoms with Crippen LogP contribution in [0.1, 0.15) is 48.4 Å². The molecular formula is C33H33N5O5S. The molecule has 0 saturated carbocycles. The molecule has 0 unspecified atom stereocenters. The van der Waals surface area contributed by atoms with Gasteiger partial charge >= 0.3 is 0 Å². The number of nitriles is 2. The molecule has 1 aliphatic heterocycles. The number of anilines is 1. The highest BCUT2D eigenvalue weighted by Gasteiger charge is 2.32. The lowest BCUT2D eigenvalue weighted by molar-refractivity contribution is -0.138. The average molecular weight is 612 g/mol. The maximum absolute atomic E-state index is 10.2. The van der Waals surface area contributed by atoms with Gasteiger partial charge in [-0.05, 0) is 62.9 Å². The maximum atomic E-state index is 10.2. The smallest absolute Gasteiger partial charge is 0.230 e. The van der Waals surface area contributed by atoms with Crippen LogP contribution in [-0.2, 0) is 21.6 Å². The monoisotopic (exact) mass is 611 g/mol. The van der Waals surface area contributed by atoms with Gasteiger partial charge in [-0.25, -0.2) is 9.97 Å². The summed E-state index contributed by atoms with van der Waals surface area (Å²) in [4.78, 5) is 9.14. The van der Waals surface area contributed by atoms with Crippen LogP contribution in [0.15, 0.2) is 51.9 Å². The van der Waals surface area contributed by atoms with Crippen LogP contribution in [-0.4, -0.2) is 42.7 Å². The van der Waals surface area contributed by atoms with Crippen molar-refractivity contribution in [1.29, 1.82) is 10.5 Å². The van der Waals surface area contributed by atoms with Gasteiger partial charge in [-0.1, -0.05) is 36.0 Å². The van der Waals surface area contributed by atoms with Crippen molar-refractivity contribution in [2.45, 2.75) is 56.3 Å². The molecule has 5 rings (SSSR count). The predicted octanol–water partition coefficient (Wildman–Crippen LogP) is 6.43. The van der Waals surface area contributed by atoms with Crippen molar-refractivity contribution < 1.29 is 23.4 Å². The van der Waals surface area contributed by atoms with Gasteiger partial charge in [-0.3, -0.25) is 0 Å². The third-order valence-corrected chi connectivity index (χ3v) is 8.34.